The second-order valence-corrected chi connectivity index (χ2v) is 11.5. The van der Waals surface area contributed by atoms with Crippen LogP contribution in [0.4, 0.5) is 0 Å². The first kappa shape index (κ1) is 21.2. The van der Waals surface area contributed by atoms with E-state index < -0.39 is 0 Å². The Labute approximate surface area is 183 Å². The zero-order valence-corrected chi connectivity index (χ0v) is 19.5. The average molecular weight is 415 g/mol. The monoisotopic (exact) mass is 414 g/mol. The normalized spacial score (nSPS) is 44.9. The lowest BCUT2D eigenvalue weighted by Crippen LogP contribution is -2.51. The van der Waals surface area contributed by atoms with Crippen LogP contribution in [0.1, 0.15) is 65.2 Å². The molecule has 4 nitrogen and oxygen atoms in total. The SMILES string of the molecule is CN1CCN(CCO[C@@H]2C=C3CCC4C(CC[C@]5(C)C(=O)CCC45)[C@@]3(C)CC2)CC1. The Bertz CT molecular complexity index is 697. The number of allylic oxidation sites excluding steroid dienone is 1. The molecular formula is C26H42N2O2. The van der Waals surface area contributed by atoms with E-state index >= 15 is 0 Å². The molecule has 0 aromatic rings. The van der Waals surface area contributed by atoms with E-state index in [1.807, 2.05) is 0 Å². The molecule has 4 heteroatoms. The molecule has 5 aliphatic rings. The molecule has 3 unspecified atom stereocenters. The van der Waals surface area contributed by atoms with Gasteiger partial charge in [-0.1, -0.05) is 25.5 Å². The molecule has 1 saturated heterocycles. The number of carbonyl (C=O) groups is 1. The number of piperazine rings is 1. The number of Topliss-reactive ketones (excluding diaryl/α,β-unsaturated/α-hetero) is 1. The molecule has 0 aromatic carbocycles. The molecule has 30 heavy (non-hydrogen) atoms. The second-order valence-electron chi connectivity index (χ2n) is 11.5. The minimum atomic E-state index is 0.00230. The van der Waals surface area contributed by atoms with Crippen molar-refractivity contribution in [3.8, 4) is 0 Å². The van der Waals surface area contributed by atoms with E-state index in [1.54, 1.807) is 5.57 Å². The van der Waals surface area contributed by atoms with Crippen LogP contribution in [0.15, 0.2) is 11.6 Å². The molecule has 0 radical (unpaired) electrons. The lowest BCUT2D eigenvalue weighted by atomic mass is 9.47. The highest BCUT2D eigenvalue weighted by Gasteiger charge is 2.58. The Hall–Kier alpha value is -0.710. The fourth-order valence-corrected chi connectivity index (χ4v) is 8.00. The minimum Gasteiger partial charge on any atom is -0.373 e. The number of carbonyl (C=O) groups excluding carboxylic acids is 1. The molecule has 168 valence electrons. The van der Waals surface area contributed by atoms with E-state index in [4.69, 9.17) is 4.74 Å². The van der Waals surface area contributed by atoms with Crippen LogP contribution in [0, 0.1) is 28.6 Å². The van der Waals surface area contributed by atoms with E-state index in [2.05, 4.69) is 36.8 Å². The summed E-state index contributed by atoms with van der Waals surface area (Å²) in [6, 6.07) is 0. The lowest BCUT2D eigenvalue weighted by Gasteiger charge is -2.57. The number of likely N-dealkylation sites (N-methyl/N-ethyl adjacent to an activating group) is 1. The van der Waals surface area contributed by atoms with Crippen molar-refractivity contribution < 1.29 is 9.53 Å². The van der Waals surface area contributed by atoms with Crippen molar-refractivity contribution >= 4 is 5.78 Å². The molecule has 1 heterocycles. The Morgan fingerprint density at radius 1 is 0.967 bits per heavy atom. The standard InChI is InChI=1S/C26H42N2O2/c1-25-10-8-20(30-17-16-28-14-12-27(3)13-15-28)18-19(25)4-5-21-22-6-7-24(29)26(22,2)11-9-23(21)25/h18,20-23H,4-17H2,1-3H3/t20-,21?,22?,23?,25-,26-/m0/s1. The molecule has 0 spiro atoms. The van der Waals surface area contributed by atoms with Gasteiger partial charge >= 0.3 is 0 Å². The molecule has 1 aliphatic heterocycles. The summed E-state index contributed by atoms with van der Waals surface area (Å²) in [4.78, 5) is 17.6. The smallest absolute Gasteiger partial charge is 0.139 e. The Balaban J connectivity index is 1.21. The van der Waals surface area contributed by atoms with Gasteiger partial charge in [0.15, 0.2) is 0 Å². The van der Waals surface area contributed by atoms with E-state index in [9.17, 15) is 4.79 Å². The summed E-state index contributed by atoms with van der Waals surface area (Å²) in [5, 5.41) is 0. The Kier molecular flexibility index (Phi) is 5.65. The molecular weight excluding hydrogens is 372 g/mol. The van der Waals surface area contributed by atoms with Gasteiger partial charge in [0.05, 0.1) is 12.7 Å². The van der Waals surface area contributed by atoms with Crippen LogP contribution in [-0.2, 0) is 9.53 Å². The Morgan fingerprint density at radius 2 is 1.70 bits per heavy atom. The predicted octanol–water partition coefficient (Wildman–Crippen LogP) is 4.15. The summed E-state index contributed by atoms with van der Waals surface area (Å²) in [5.41, 5.74) is 2.04. The first-order valence-electron chi connectivity index (χ1n) is 12.7. The summed E-state index contributed by atoms with van der Waals surface area (Å²) < 4.78 is 6.37. The van der Waals surface area contributed by atoms with Crippen molar-refractivity contribution in [3.63, 3.8) is 0 Å². The van der Waals surface area contributed by atoms with Gasteiger partial charge in [-0.15, -0.1) is 0 Å². The molecule has 5 rings (SSSR count). The zero-order valence-electron chi connectivity index (χ0n) is 19.5. The van der Waals surface area contributed by atoms with Gasteiger partial charge in [0.25, 0.3) is 0 Å². The average Bonchev–Trinajstić information content (AvgIpc) is 3.04. The third-order valence-corrected chi connectivity index (χ3v) is 10.1. The van der Waals surface area contributed by atoms with Gasteiger partial charge in [-0.3, -0.25) is 9.69 Å². The summed E-state index contributed by atoms with van der Waals surface area (Å²) in [7, 11) is 2.21. The van der Waals surface area contributed by atoms with E-state index in [1.165, 1.54) is 58.3 Å². The van der Waals surface area contributed by atoms with E-state index in [0.29, 0.717) is 23.2 Å². The van der Waals surface area contributed by atoms with Gasteiger partial charge in [-0.25, -0.2) is 0 Å². The van der Waals surface area contributed by atoms with Crippen molar-refractivity contribution in [2.24, 2.45) is 28.6 Å². The fourth-order valence-electron chi connectivity index (χ4n) is 8.00. The summed E-state index contributed by atoms with van der Waals surface area (Å²) in [6.45, 7) is 11.5. The van der Waals surface area contributed by atoms with Crippen LogP contribution in [0.2, 0.25) is 0 Å². The maximum absolute atomic E-state index is 12.6. The molecule has 4 fully saturated rings. The number of hydrogen-bond donors (Lipinski definition) is 0. The quantitative estimate of drug-likeness (QED) is 0.647. The maximum atomic E-state index is 12.6. The van der Waals surface area contributed by atoms with Gasteiger partial charge in [0, 0.05) is 44.6 Å². The number of fused-ring (bicyclic) bond motifs is 5. The van der Waals surface area contributed by atoms with Gasteiger partial charge < -0.3 is 9.64 Å². The molecule has 6 atom stereocenters. The Morgan fingerprint density at radius 3 is 2.50 bits per heavy atom. The van der Waals surface area contributed by atoms with Crippen molar-refractivity contribution in [3.05, 3.63) is 11.6 Å². The van der Waals surface area contributed by atoms with Gasteiger partial charge in [0.1, 0.15) is 5.78 Å². The van der Waals surface area contributed by atoms with Crippen molar-refractivity contribution in [2.75, 3.05) is 46.4 Å². The molecule has 0 aromatic heterocycles. The third kappa shape index (κ3) is 3.51. The van der Waals surface area contributed by atoms with Crippen LogP contribution in [0.3, 0.4) is 0 Å². The van der Waals surface area contributed by atoms with Crippen LogP contribution in [0.5, 0.6) is 0 Å². The van der Waals surface area contributed by atoms with Gasteiger partial charge in [0.2, 0.25) is 0 Å². The van der Waals surface area contributed by atoms with E-state index in [-0.39, 0.29) is 5.41 Å². The maximum Gasteiger partial charge on any atom is 0.139 e. The zero-order chi connectivity index (χ0) is 20.9. The lowest BCUT2D eigenvalue weighted by molar-refractivity contribution is -0.132. The van der Waals surface area contributed by atoms with Crippen LogP contribution < -0.4 is 0 Å². The van der Waals surface area contributed by atoms with Crippen LogP contribution in [0.25, 0.3) is 0 Å². The molecule has 4 aliphatic carbocycles. The highest BCUT2D eigenvalue weighted by atomic mass is 16.5. The van der Waals surface area contributed by atoms with Crippen LogP contribution in [-0.4, -0.2) is 68.1 Å². The number of ether oxygens (including phenoxy) is 1. The molecule has 0 amide bonds. The number of ketones is 1. The largest absolute Gasteiger partial charge is 0.373 e. The topological polar surface area (TPSA) is 32.8 Å². The predicted molar refractivity (Wildman–Crippen MR) is 120 cm³/mol. The first-order chi connectivity index (χ1) is 14.4. The van der Waals surface area contributed by atoms with E-state index in [0.717, 1.165) is 44.2 Å². The molecule has 0 bridgehead atoms. The van der Waals surface area contributed by atoms with Crippen molar-refractivity contribution in [1.29, 1.82) is 0 Å². The van der Waals surface area contributed by atoms with Gasteiger partial charge in [-0.2, -0.15) is 0 Å². The fraction of sp³-hybridized carbons (Fsp3) is 0.885. The van der Waals surface area contributed by atoms with Gasteiger partial charge in [-0.05, 0) is 75.2 Å². The molecule has 3 saturated carbocycles. The minimum absolute atomic E-state index is 0.00230. The summed E-state index contributed by atoms with van der Waals surface area (Å²) in [6.07, 6.45) is 12.2. The van der Waals surface area contributed by atoms with Crippen molar-refractivity contribution in [1.82, 2.24) is 9.80 Å². The number of hydrogen-bond acceptors (Lipinski definition) is 4. The van der Waals surface area contributed by atoms with Crippen molar-refractivity contribution in [2.45, 2.75) is 71.3 Å². The second kappa shape index (κ2) is 8.01. The third-order valence-electron chi connectivity index (χ3n) is 10.1. The van der Waals surface area contributed by atoms with Crippen LogP contribution >= 0.6 is 0 Å². The summed E-state index contributed by atoms with van der Waals surface area (Å²) >= 11 is 0. The highest BCUT2D eigenvalue weighted by molar-refractivity contribution is 5.87. The summed E-state index contributed by atoms with van der Waals surface area (Å²) in [5.74, 6) is 2.77. The highest BCUT2D eigenvalue weighted by Crippen LogP contribution is 2.64. The first-order valence-corrected chi connectivity index (χ1v) is 12.7. The molecule has 0 N–H and O–H groups in total. The number of rotatable bonds is 4. The number of nitrogens with zero attached hydrogens (tertiary/aromatic N) is 2.